The number of ether oxygens (including phenoxy) is 1. The maximum atomic E-state index is 9.40. The molecule has 0 bridgehead atoms. The molecule has 1 N–H and O–H groups in total. The van der Waals surface area contributed by atoms with E-state index in [2.05, 4.69) is 6.58 Å². The van der Waals surface area contributed by atoms with Crippen molar-refractivity contribution in [3.05, 3.63) is 41.5 Å². The summed E-state index contributed by atoms with van der Waals surface area (Å²) in [6.07, 6.45) is -0.432. The Morgan fingerprint density at radius 2 is 2.20 bits per heavy atom. The first kappa shape index (κ1) is 11.8. The van der Waals surface area contributed by atoms with Crippen LogP contribution in [0.15, 0.2) is 30.4 Å². The Bertz CT molecular complexity index is 354. The SMILES string of the molecule is C=C(C)COc1ccc([C@@H](C)O)cc1C. The van der Waals surface area contributed by atoms with Gasteiger partial charge in [0.15, 0.2) is 0 Å². The molecule has 0 heterocycles. The van der Waals surface area contributed by atoms with Gasteiger partial charge in [-0.1, -0.05) is 12.6 Å². The van der Waals surface area contributed by atoms with E-state index in [1.807, 2.05) is 32.0 Å². The van der Waals surface area contributed by atoms with Crippen LogP contribution >= 0.6 is 0 Å². The standard InChI is InChI=1S/C13H18O2/c1-9(2)8-15-13-6-5-12(11(4)14)7-10(13)3/h5-7,11,14H,1,8H2,2-4H3/t11-/m1/s1. The smallest absolute Gasteiger partial charge is 0.122 e. The predicted octanol–water partition coefficient (Wildman–Crippen LogP) is 3.00. The topological polar surface area (TPSA) is 29.5 Å². The second kappa shape index (κ2) is 4.99. The van der Waals surface area contributed by atoms with E-state index in [4.69, 9.17) is 4.74 Å². The van der Waals surface area contributed by atoms with Gasteiger partial charge in [-0.15, -0.1) is 0 Å². The third-order valence-corrected chi connectivity index (χ3v) is 2.16. The van der Waals surface area contributed by atoms with Crippen molar-refractivity contribution >= 4 is 0 Å². The van der Waals surface area contributed by atoms with E-state index in [0.717, 1.165) is 22.4 Å². The fourth-order valence-electron chi connectivity index (χ4n) is 1.30. The minimum atomic E-state index is -0.432. The van der Waals surface area contributed by atoms with E-state index in [1.54, 1.807) is 6.92 Å². The molecule has 2 heteroatoms. The second-order valence-corrected chi connectivity index (χ2v) is 3.95. The molecule has 0 saturated heterocycles. The maximum absolute atomic E-state index is 9.40. The van der Waals surface area contributed by atoms with Crippen LogP contribution in [-0.2, 0) is 0 Å². The number of hydrogen-bond acceptors (Lipinski definition) is 2. The molecule has 0 aliphatic heterocycles. The van der Waals surface area contributed by atoms with Gasteiger partial charge in [-0.3, -0.25) is 0 Å². The number of aliphatic hydroxyl groups is 1. The van der Waals surface area contributed by atoms with E-state index in [0.29, 0.717) is 6.61 Å². The molecule has 0 saturated carbocycles. The van der Waals surface area contributed by atoms with Crippen LogP contribution in [0.25, 0.3) is 0 Å². The fraction of sp³-hybridized carbons (Fsp3) is 0.385. The average molecular weight is 206 g/mol. The molecule has 1 rings (SSSR count). The monoisotopic (exact) mass is 206 g/mol. The lowest BCUT2D eigenvalue weighted by molar-refractivity contribution is 0.199. The highest BCUT2D eigenvalue weighted by Crippen LogP contribution is 2.22. The lowest BCUT2D eigenvalue weighted by Gasteiger charge is -2.11. The highest BCUT2D eigenvalue weighted by atomic mass is 16.5. The Kier molecular flexibility index (Phi) is 3.92. The molecule has 0 amide bonds. The highest BCUT2D eigenvalue weighted by molar-refractivity contribution is 5.37. The summed E-state index contributed by atoms with van der Waals surface area (Å²) < 4.78 is 5.55. The summed E-state index contributed by atoms with van der Waals surface area (Å²) in [5, 5.41) is 9.40. The molecule has 1 aromatic rings. The number of aliphatic hydroxyl groups excluding tert-OH is 1. The summed E-state index contributed by atoms with van der Waals surface area (Å²) in [6.45, 7) is 9.97. The molecule has 0 radical (unpaired) electrons. The normalized spacial score (nSPS) is 12.3. The third-order valence-electron chi connectivity index (χ3n) is 2.16. The van der Waals surface area contributed by atoms with E-state index < -0.39 is 6.10 Å². The molecule has 82 valence electrons. The number of aryl methyl sites for hydroxylation is 1. The van der Waals surface area contributed by atoms with E-state index in [-0.39, 0.29) is 0 Å². The maximum Gasteiger partial charge on any atom is 0.122 e. The summed E-state index contributed by atoms with van der Waals surface area (Å²) in [6, 6.07) is 5.71. The van der Waals surface area contributed by atoms with Crippen molar-refractivity contribution < 1.29 is 9.84 Å². The van der Waals surface area contributed by atoms with Gasteiger partial charge in [-0.25, -0.2) is 0 Å². The molecule has 15 heavy (non-hydrogen) atoms. The zero-order valence-electron chi connectivity index (χ0n) is 9.58. The minimum Gasteiger partial charge on any atom is -0.489 e. The van der Waals surface area contributed by atoms with Crippen molar-refractivity contribution in [3.8, 4) is 5.75 Å². The largest absolute Gasteiger partial charge is 0.489 e. The van der Waals surface area contributed by atoms with Gasteiger partial charge < -0.3 is 9.84 Å². The molecule has 0 fully saturated rings. The van der Waals surface area contributed by atoms with Crippen LogP contribution in [0, 0.1) is 6.92 Å². The molecule has 0 spiro atoms. The summed E-state index contributed by atoms with van der Waals surface area (Å²) in [5.41, 5.74) is 2.94. The molecule has 1 aromatic carbocycles. The number of hydrogen-bond donors (Lipinski definition) is 1. The summed E-state index contributed by atoms with van der Waals surface area (Å²) in [7, 11) is 0. The van der Waals surface area contributed by atoms with Crippen molar-refractivity contribution in [2.24, 2.45) is 0 Å². The van der Waals surface area contributed by atoms with Crippen LogP contribution in [-0.4, -0.2) is 11.7 Å². The fourth-order valence-corrected chi connectivity index (χ4v) is 1.30. The van der Waals surface area contributed by atoms with Gasteiger partial charge in [-0.2, -0.15) is 0 Å². The average Bonchev–Trinajstić information content (AvgIpc) is 2.15. The third kappa shape index (κ3) is 3.40. The molecule has 1 atom stereocenters. The lowest BCUT2D eigenvalue weighted by atomic mass is 10.1. The van der Waals surface area contributed by atoms with Crippen LogP contribution < -0.4 is 4.74 Å². The van der Waals surface area contributed by atoms with Crippen LogP contribution in [0.4, 0.5) is 0 Å². The summed E-state index contributed by atoms with van der Waals surface area (Å²) in [5.74, 6) is 0.849. The van der Waals surface area contributed by atoms with Gasteiger partial charge in [-0.05, 0) is 49.6 Å². The van der Waals surface area contributed by atoms with Gasteiger partial charge in [0.25, 0.3) is 0 Å². The molecular weight excluding hydrogens is 188 g/mol. The van der Waals surface area contributed by atoms with E-state index in [9.17, 15) is 5.11 Å². The van der Waals surface area contributed by atoms with Gasteiger partial charge in [0.1, 0.15) is 12.4 Å². The van der Waals surface area contributed by atoms with Crippen molar-refractivity contribution in [1.82, 2.24) is 0 Å². The minimum absolute atomic E-state index is 0.432. The van der Waals surface area contributed by atoms with Crippen LogP contribution in [0.3, 0.4) is 0 Å². The first-order valence-electron chi connectivity index (χ1n) is 5.06. The second-order valence-electron chi connectivity index (χ2n) is 3.95. The molecule has 2 nitrogen and oxygen atoms in total. The van der Waals surface area contributed by atoms with Gasteiger partial charge >= 0.3 is 0 Å². The molecular formula is C13H18O2. The summed E-state index contributed by atoms with van der Waals surface area (Å²) in [4.78, 5) is 0. The van der Waals surface area contributed by atoms with Crippen LogP contribution in [0.5, 0.6) is 5.75 Å². The van der Waals surface area contributed by atoms with Gasteiger partial charge in [0.2, 0.25) is 0 Å². The van der Waals surface area contributed by atoms with Gasteiger partial charge in [0, 0.05) is 0 Å². The van der Waals surface area contributed by atoms with Gasteiger partial charge in [0.05, 0.1) is 6.10 Å². The Morgan fingerprint density at radius 1 is 1.53 bits per heavy atom. The van der Waals surface area contributed by atoms with E-state index in [1.165, 1.54) is 0 Å². The van der Waals surface area contributed by atoms with Crippen LogP contribution in [0.2, 0.25) is 0 Å². The molecule has 0 aliphatic carbocycles. The van der Waals surface area contributed by atoms with Crippen molar-refractivity contribution in [2.75, 3.05) is 6.61 Å². The Hall–Kier alpha value is -1.28. The number of benzene rings is 1. The lowest BCUT2D eigenvalue weighted by Crippen LogP contribution is -2.00. The zero-order chi connectivity index (χ0) is 11.4. The quantitative estimate of drug-likeness (QED) is 0.767. The summed E-state index contributed by atoms with van der Waals surface area (Å²) >= 11 is 0. The first-order valence-corrected chi connectivity index (χ1v) is 5.06. The van der Waals surface area contributed by atoms with Crippen molar-refractivity contribution in [2.45, 2.75) is 26.9 Å². The highest BCUT2D eigenvalue weighted by Gasteiger charge is 2.04. The van der Waals surface area contributed by atoms with Crippen molar-refractivity contribution in [3.63, 3.8) is 0 Å². The predicted molar refractivity (Wildman–Crippen MR) is 62.1 cm³/mol. The first-order chi connectivity index (χ1) is 7.00. The number of rotatable bonds is 4. The van der Waals surface area contributed by atoms with Crippen LogP contribution in [0.1, 0.15) is 31.1 Å². The Balaban J connectivity index is 2.79. The zero-order valence-corrected chi connectivity index (χ0v) is 9.58. The van der Waals surface area contributed by atoms with E-state index >= 15 is 0 Å². The molecule has 0 aliphatic rings. The molecule has 0 aromatic heterocycles. The van der Waals surface area contributed by atoms with Crippen molar-refractivity contribution in [1.29, 1.82) is 0 Å². The Morgan fingerprint density at radius 3 is 2.67 bits per heavy atom. The molecule has 0 unspecified atom stereocenters. The Labute approximate surface area is 91.2 Å².